The number of hydrogen-bond acceptors (Lipinski definition) is 7. The van der Waals surface area contributed by atoms with E-state index in [1.54, 1.807) is 12.1 Å². The summed E-state index contributed by atoms with van der Waals surface area (Å²) in [7, 11) is -3.70. The van der Waals surface area contributed by atoms with Crippen molar-refractivity contribution >= 4 is 43.9 Å². The summed E-state index contributed by atoms with van der Waals surface area (Å²) in [6.45, 7) is 0.422. The molecule has 0 spiro atoms. The van der Waals surface area contributed by atoms with Gasteiger partial charge < -0.3 is 9.15 Å². The van der Waals surface area contributed by atoms with Gasteiger partial charge in [-0.25, -0.2) is 23.5 Å². The van der Waals surface area contributed by atoms with Crippen LogP contribution in [0, 0.1) is 0 Å². The Balaban J connectivity index is 1.42. The molecule has 2 aromatic heterocycles. The predicted molar refractivity (Wildman–Crippen MR) is 103 cm³/mol. The average molecular weight is 401 g/mol. The molecule has 0 aliphatic rings. The van der Waals surface area contributed by atoms with Crippen LogP contribution in [0.25, 0.3) is 22.1 Å². The van der Waals surface area contributed by atoms with Crippen LogP contribution < -0.4 is 9.88 Å². The second-order valence-corrected chi connectivity index (χ2v) is 8.31. The summed E-state index contributed by atoms with van der Waals surface area (Å²) in [4.78, 5) is 8.69. The molecule has 2 heterocycles. The molecular weight excluding hydrogens is 386 g/mol. The molecule has 0 unspecified atom stereocenters. The third kappa shape index (κ3) is 3.75. The Hall–Kier alpha value is -2.62. The lowest BCUT2D eigenvalue weighted by molar-refractivity contribution is 0.343. The number of rotatable bonds is 6. The summed E-state index contributed by atoms with van der Waals surface area (Å²) in [6.07, 6.45) is 1.53. The van der Waals surface area contributed by atoms with Gasteiger partial charge >= 0.3 is 0 Å². The SMILES string of the molecule is NS(=O)(=O)c1ccc(OCCSc2ncnc3c2oc2ccccc23)cc1. The second-order valence-electron chi connectivity index (χ2n) is 5.67. The lowest BCUT2D eigenvalue weighted by Crippen LogP contribution is -2.11. The maximum Gasteiger partial charge on any atom is 0.238 e. The zero-order valence-corrected chi connectivity index (χ0v) is 15.7. The predicted octanol–water partition coefficient (Wildman–Crippen LogP) is 3.19. The minimum Gasteiger partial charge on any atom is -0.493 e. The number of fused-ring (bicyclic) bond motifs is 3. The van der Waals surface area contributed by atoms with Crippen molar-refractivity contribution in [2.45, 2.75) is 9.92 Å². The molecule has 4 aromatic rings. The minimum atomic E-state index is -3.70. The van der Waals surface area contributed by atoms with Crippen LogP contribution in [0.4, 0.5) is 0 Å². The van der Waals surface area contributed by atoms with Crippen molar-refractivity contribution in [1.82, 2.24) is 9.97 Å². The zero-order chi connectivity index (χ0) is 18.9. The largest absolute Gasteiger partial charge is 0.493 e. The highest BCUT2D eigenvalue weighted by atomic mass is 32.2. The fourth-order valence-corrected chi connectivity index (χ4v) is 3.90. The smallest absolute Gasteiger partial charge is 0.238 e. The molecule has 7 nitrogen and oxygen atoms in total. The lowest BCUT2D eigenvalue weighted by Gasteiger charge is -2.06. The first-order valence-corrected chi connectivity index (χ1v) is 10.6. The molecule has 0 saturated carbocycles. The molecule has 138 valence electrons. The molecule has 2 aromatic carbocycles. The van der Waals surface area contributed by atoms with Crippen LogP contribution in [0.5, 0.6) is 5.75 Å². The monoisotopic (exact) mass is 401 g/mol. The van der Waals surface area contributed by atoms with Crippen molar-refractivity contribution in [3.05, 3.63) is 54.9 Å². The van der Waals surface area contributed by atoms with Gasteiger partial charge in [0.1, 0.15) is 28.2 Å². The van der Waals surface area contributed by atoms with Gasteiger partial charge in [0.25, 0.3) is 0 Å². The van der Waals surface area contributed by atoms with E-state index in [0.29, 0.717) is 23.7 Å². The molecule has 0 saturated heterocycles. The molecule has 0 radical (unpaired) electrons. The normalized spacial score (nSPS) is 11.9. The molecule has 0 fully saturated rings. The Bertz CT molecular complexity index is 1200. The number of thioether (sulfide) groups is 1. The van der Waals surface area contributed by atoms with Gasteiger partial charge in [0.15, 0.2) is 5.58 Å². The molecule has 4 rings (SSSR count). The molecule has 0 bridgehead atoms. The third-order valence-corrected chi connectivity index (χ3v) is 5.73. The quantitative estimate of drug-likeness (QED) is 0.300. The Kier molecular flexibility index (Phi) is 4.73. The highest BCUT2D eigenvalue weighted by Gasteiger charge is 2.13. The number of nitrogens with two attached hydrogens (primary N) is 1. The zero-order valence-electron chi connectivity index (χ0n) is 14.0. The highest BCUT2D eigenvalue weighted by molar-refractivity contribution is 7.99. The van der Waals surface area contributed by atoms with Gasteiger partial charge in [0.2, 0.25) is 10.0 Å². The summed E-state index contributed by atoms with van der Waals surface area (Å²) < 4.78 is 34.0. The van der Waals surface area contributed by atoms with Gasteiger partial charge in [0, 0.05) is 11.1 Å². The van der Waals surface area contributed by atoms with Crippen molar-refractivity contribution < 1.29 is 17.6 Å². The van der Waals surface area contributed by atoms with Crippen LogP contribution in [0.2, 0.25) is 0 Å². The van der Waals surface area contributed by atoms with Crippen molar-refractivity contribution in [3.63, 3.8) is 0 Å². The van der Waals surface area contributed by atoms with E-state index < -0.39 is 10.0 Å². The van der Waals surface area contributed by atoms with E-state index in [-0.39, 0.29) is 4.90 Å². The van der Waals surface area contributed by atoms with Gasteiger partial charge in [-0.15, -0.1) is 0 Å². The number of hydrogen-bond donors (Lipinski definition) is 1. The van der Waals surface area contributed by atoms with E-state index in [2.05, 4.69) is 9.97 Å². The Morgan fingerprint density at radius 3 is 2.63 bits per heavy atom. The second kappa shape index (κ2) is 7.18. The molecule has 2 N–H and O–H groups in total. The van der Waals surface area contributed by atoms with Crippen molar-refractivity contribution in [2.75, 3.05) is 12.4 Å². The van der Waals surface area contributed by atoms with E-state index in [4.69, 9.17) is 14.3 Å². The van der Waals surface area contributed by atoms with E-state index in [0.717, 1.165) is 21.5 Å². The van der Waals surface area contributed by atoms with Gasteiger partial charge in [-0.1, -0.05) is 23.9 Å². The fraction of sp³-hybridized carbons (Fsp3) is 0.111. The minimum absolute atomic E-state index is 0.0532. The van der Waals surface area contributed by atoms with Gasteiger partial charge in [-0.2, -0.15) is 0 Å². The van der Waals surface area contributed by atoms with Crippen LogP contribution in [0.15, 0.2) is 69.2 Å². The van der Waals surface area contributed by atoms with Gasteiger partial charge in [0.05, 0.1) is 11.5 Å². The first-order chi connectivity index (χ1) is 13.0. The summed E-state index contributed by atoms with van der Waals surface area (Å²) in [5, 5.41) is 6.79. The van der Waals surface area contributed by atoms with E-state index >= 15 is 0 Å². The fourth-order valence-electron chi connectivity index (χ4n) is 2.63. The molecule has 27 heavy (non-hydrogen) atoms. The highest BCUT2D eigenvalue weighted by Crippen LogP contribution is 2.32. The number of nitrogens with zero attached hydrogens (tertiary/aromatic N) is 2. The van der Waals surface area contributed by atoms with Gasteiger partial charge in [-0.3, -0.25) is 0 Å². The molecule has 0 atom stereocenters. The van der Waals surface area contributed by atoms with Crippen LogP contribution in [0.1, 0.15) is 0 Å². The van der Waals surface area contributed by atoms with Crippen molar-refractivity contribution in [2.24, 2.45) is 5.14 Å². The number of benzene rings is 2. The van der Waals surface area contributed by atoms with E-state index in [9.17, 15) is 8.42 Å². The number of sulfonamides is 1. The number of furan rings is 1. The molecular formula is C18H15N3O4S2. The Labute approximate surface area is 159 Å². The third-order valence-electron chi connectivity index (χ3n) is 3.87. The van der Waals surface area contributed by atoms with Crippen molar-refractivity contribution in [1.29, 1.82) is 0 Å². The Morgan fingerprint density at radius 2 is 1.85 bits per heavy atom. The maximum atomic E-state index is 11.2. The number of para-hydroxylation sites is 1. The summed E-state index contributed by atoms with van der Waals surface area (Å²) in [5.41, 5.74) is 2.24. The summed E-state index contributed by atoms with van der Waals surface area (Å²) >= 11 is 1.51. The number of ether oxygens (including phenoxy) is 1. The maximum absolute atomic E-state index is 11.2. The van der Waals surface area contributed by atoms with Gasteiger partial charge in [-0.05, 0) is 36.4 Å². The van der Waals surface area contributed by atoms with Crippen LogP contribution >= 0.6 is 11.8 Å². The topological polar surface area (TPSA) is 108 Å². The Morgan fingerprint density at radius 1 is 1.07 bits per heavy atom. The summed E-state index contributed by atoms with van der Waals surface area (Å²) in [6, 6.07) is 13.7. The first-order valence-electron chi connectivity index (χ1n) is 8.03. The van der Waals surface area contributed by atoms with E-state index in [1.807, 2.05) is 24.3 Å². The standard InChI is InChI=1S/C18H15N3O4S2/c19-27(22,23)13-7-5-12(6-8-13)24-9-10-26-18-17-16(20-11-21-18)14-3-1-2-4-15(14)25-17/h1-8,11H,9-10H2,(H2,19,22,23). The number of aromatic nitrogens is 2. The van der Waals surface area contributed by atoms with Crippen LogP contribution in [-0.2, 0) is 10.0 Å². The van der Waals surface area contributed by atoms with E-state index in [1.165, 1.54) is 30.2 Å². The lowest BCUT2D eigenvalue weighted by atomic mass is 10.2. The van der Waals surface area contributed by atoms with Crippen LogP contribution in [-0.4, -0.2) is 30.7 Å². The van der Waals surface area contributed by atoms with Crippen molar-refractivity contribution in [3.8, 4) is 5.75 Å². The molecule has 0 aliphatic heterocycles. The van der Waals surface area contributed by atoms with Crippen LogP contribution in [0.3, 0.4) is 0 Å². The average Bonchev–Trinajstić information content (AvgIpc) is 3.04. The molecule has 0 amide bonds. The molecule has 9 heteroatoms. The molecule has 0 aliphatic carbocycles. The first kappa shape index (κ1) is 17.8. The number of primary sulfonamides is 1. The summed E-state index contributed by atoms with van der Waals surface area (Å²) in [5.74, 6) is 1.21.